The Morgan fingerprint density at radius 3 is 2.50 bits per heavy atom. The van der Waals surface area contributed by atoms with Gasteiger partial charge in [-0.15, -0.1) is 0 Å². The third-order valence-electron chi connectivity index (χ3n) is 6.51. The van der Waals surface area contributed by atoms with Gasteiger partial charge in [0.2, 0.25) is 5.24 Å². The minimum Gasteiger partial charge on any atom is -0.507 e. The quantitative estimate of drug-likeness (QED) is 0.470. The van der Waals surface area contributed by atoms with Crippen LogP contribution in [0.5, 0.6) is 5.75 Å². The van der Waals surface area contributed by atoms with Gasteiger partial charge in [-0.2, -0.15) is 0 Å². The van der Waals surface area contributed by atoms with Gasteiger partial charge in [0.1, 0.15) is 17.4 Å². The molecule has 2 aliphatic rings. The molecule has 3 rings (SSSR count). The third kappa shape index (κ3) is 2.94. The van der Waals surface area contributed by atoms with Crippen LogP contribution in [0, 0.1) is 22.7 Å². The summed E-state index contributed by atoms with van der Waals surface area (Å²) in [4.78, 5) is 24.1. The average Bonchev–Trinajstić information content (AvgIpc) is 2.98. The molecule has 4 nitrogen and oxygen atoms in total. The van der Waals surface area contributed by atoms with E-state index in [1.54, 1.807) is 25.1 Å². The number of esters is 1. The number of benzene rings is 1. The molecule has 2 aliphatic carbocycles. The van der Waals surface area contributed by atoms with E-state index in [2.05, 4.69) is 20.8 Å². The molecular formula is C21H25ClO4. The second-order valence-electron chi connectivity index (χ2n) is 8.50. The molecule has 4 atom stereocenters. The fourth-order valence-electron chi connectivity index (χ4n) is 5.00. The predicted molar refractivity (Wildman–Crippen MR) is 100 cm³/mol. The Hall–Kier alpha value is -1.81. The SMILES string of the molecule is C/C(=C/C1CC2CC1(C)C(OC(=O)c1ccccc1O)C2(C)C)C(=O)Cl. The molecule has 2 bridgehead atoms. The zero-order valence-corrected chi connectivity index (χ0v) is 16.3. The van der Waals surface area contributed by atoms with Crippen LogP contribution >= 0.6 is 11.6 Å². The highest BCUT2D eigenvalue weighted by Gasteiger charge is 2.65. The Morgan fingerprint density at radius 2 is 1.92 bits per heavy atom. The van der Waals surface area contributed by atoms with E-state index < -0.39 is 11.2 Å². The largest absolute Gasteiger partial charge is 0.507 e. The van der Waals surface area contributed by atoms with Crippen LogP contribution in [0.1, 0.15) is 50.9 Å². The highest BCUT2D eigenvalue weighted by molar-refractivity contribution is 6.67. The first kappa shape index (κ1) is 19.0. The number of para-hydroxylation sites is 1. The van der Waals surface area contributed by atoms with Crippen molar-refractivity contribution in [3.8, 4) is 5.75 Å². The van der Waals surface area contributed by atoms with Crippen molar-refractivity contribution in [3.05, 3.63) is 41.5 Å². The lowest BCUT2D eigenvalue weighted by atomic mass is 9.64. The summed E-state index contributed by atoms with van der Waals surface area (Å²) < 4.78 is 5.96. The fourth-order valence-corrected chi connectivity index (χ4v) is 5.07. The molecule has 1 aromatic carbocycles. The first-order valence-electron chi connectivity index (χ1n) is 8.94. The molecule has 0 radical (unpaired) electrons. The van der Waals surface area contributed by atoms with Crippen molar-refractivity contribution >= 4 is 22.8 Å². The normalized spacial score (nSPS) is 32.5. The van der Waals surface area contributed by atoms with E-state index in [1.807, 2.05) is 6.08 Å². The van der Waals surface area contributed by atoms with Crippen LogP contribution in [-0.4, -0.2) is 22.4 Å². The van der Waals surface area contributed by atoms with Crippen molar-refractivity contribution in [2.24, 2.45) is 22.7 Å². The van der Waals surface area contributed by atoms with Crippen LogP contribution in [-0.2, 0) is 9.53 Å². The highest BCUT2D eigenvalue weighted by atomic mass is 35.5. The Kier molecular flexibility index (Phi) is 4.68. The summed E-state index contributed by atoms with van der Waals surface area (Å²) in [6.07, 6.45) is 3.52. The maximum Gasteiger partial charge on any atom is 0.342 e. The van der Waals surface area contributed by atoms with E-state index in [0.29, 0.717) is 11.5 Å². The molecule has 26 heavy (non-hydrogen) atoms. The minimum absolute atomic E-state index is 0.0800. The summed E-state index contributed by atoms with van der Waals surface area (Å²) in [5.74, 6) is -0.0639. The van der Waals surface area contributed by atoms with Gasteiger partial charge in [-0.1, -0.05) is 39.0 Å². The zero-order chi connectivity index (χ0) is 19.3. The molecule has 2 fully saturated rings. The van der Waals surface area contributed by atoms with E-state index in [4.69, 9.17) is 16.3 Å². The Morgan fingerprint density at radius 1 is 1.27 bits per heavy atom. The summed E-state index contributed by atoms with van der Waals surface area (Å²) >= 11 is 5.61. The van der Waals surface area contributed by atoms with Crippen molar-refractivity contribution in [1.29, 1.82) is 0 Å². The van der Waals surface area contributed by atoms with E-state index in [-0.39, 0.29) is 34.2 Å². The number of hydrogen-bond donors (Lipinski definition) is 1. The van der Waals surface area contributed by atoms with Crippen LogP contribution in [0.25, 0.3) is 0 Å². The number of aromatic hydroxyl groups is 1. The van der Waals surface area contributed by atoms with Crippen LogP contribution < -0.4 is 0 Å². The van der Waals surface area contributed by atoms with Gasteiger partial charge in [0.05, 0.1) is 0 Å². The van der Waals surface area contributed by atoms with E-state index >= 15 is 0 Å². The van der Waals surface area contributed by atoms with E-state index in [9.17, 15) is 14.7 Å². The van der Waals surface area contributed by atoms with Crippen molar-refractivity contribution in [2.75, 3.05) is 0 Å². The molecule has 140 valence electrons. The first-order chi connectivity index (χ1) is 12.1. The second-order valence-corrected chi connectivity index (χ2v) is 8.84. The van der Waals surface area contributed by atoms with Crippen LogP contribution in [0.15, 0.2) is 35.9 Å². The summed E-state index contributed by atoms with van der Waals surface area (Å²) in [5, 5.41) is 9.50. The van der Waals surface area contributed by atoms with Crippen LogP contribution in [0.2, 0.25) is 0 Å². The van der Waals surface area contributed by atoms with Gasteiger partial charge >= 0.3 is 5.97 Å². The summed E-state index contributed by atoms with van der Waals surface area (Å²) in [6, 6.07) is 6.41. The monoisotopic (exact) mass is 376 g/mol. The van der Waals surface area contributed by atoms with Gasteiger partial charge in [0.15, 0.2) is 0 Å². The molecule has 0 heterocycles. The summed E-state index contributed by atoms with van der Waals surface area (Å²) in [7, 11) is 0. The smallest absolute Gasteiger partial charge is 0.342 e. The number of ether oxygens (including phenoxy) is 1. The van der Waals surface area contributed by atoms with E-state index in [0.717, 1.165) is 12.8 Å². The molecule has 0 aliphatic heterocycles. The molecule has 0 amide bonds. The third-order valence-corrected chi connectivity index (χ3v) is 6.81. The van der Waals surface area contributed by atoms with Gasteiger partial charge in [-0.25, -0.2) is 4.79 Å². The molecule has 5 heteroatoms. The van der Waals surface area contributed by atoms with Crippen molar-refractivity contribution in [3.63, 3.8) is 0 Å². The number of carbonyl (C=O) groups excluding carboxylic acids is 2. The summed E-state index contributed by atoms with van der Waals surface area (Å²) in [5.41, 5.74) is 0.280. The number of carbonyl (C=O) groups is 2. The molecule has 4 unspecified atom stereocenters. The highest BCUT2D eigenvalue weighted by Crippen LogP contribution is 2.66. The fraction of sp³-hybridized carbons (Fsp3) is 0.524. The standard InChI is InChI=1S/C21H25ClO4/c1-12(17(22)24)9-13-10-14-11-21(13,4)19(20(14,2)3)26-18(25)15-7-5-6-8-16(15)23/h5-9,13-14,19,23H,10-11H2,1-4H3/b12-9-. The molecular weight excluding hydrogens is 352 g/mol. The van der Waals surface area contributed by atoms with Gasteiger partial charge in [-0.3, -0.25) is 4.79 Å². The second kappa shape index (κ2) is 6.41. The summed E-state index contributed by atoms with van der Waals surface area (Å²) in [6.45, 7) is 8.10. The number of hydrogen-bond acceptors (Lipinski definition) is 4. The van der Waals surface area contributed by atoms with Gasteiger partial charge in [-0.05, 0) is 55.3 Å². The molecule has 0 aromatic heterocycles. The maximum atomic E-state index is 12.7. The maximum absolute atomic E-state index is 12.7. The van der Waals surface area contributed by atoms with Crippen molar-refractivity contribution < 1.29 is 19.4 Å². The molecule has 1 aromatic rings. The predicted octanol–water partition coefficient (Wildman–Crippen LogP) is 4.70. The van der Waals surface area contributed by atoms with Gasteiger partial charge in [0, 0.05) is 16.4 Å². The number of rotatable bonds is 4. The Balaban J connectivity index is 1.90. The van der Waals surface area contributed by atoms with Crippen molar-refractivity contribution in [1.82, 2.24) is 0 Å². The minimum atomic E-state index is -0.511. The van der Waals surface area contributed by atoms with Crippen LogP contribution in [0.4, 0.5) is 0 Å². The number of fused-ring (bicyclic) bond motifs is 2. The Labute approximate surface area is 159 Å². The van der Waals surface area contributed by atoms with Crippen molar-refractivity contribution in [2.45, 2.75) is 46.6 Å². The lowest BCUT2D eigenvalue weighted by Gasteiger charge is -2.45. The molecule has 0 spiro atoms. The van der Waals surface area contributed by atoms with E-state index in [1.165, 1.54) is 6.07 Å². The molecule has 1 N–H and O–H groups in total. The Bertz CT molecular complexity index is 782. The van der Waals surface area contributed by atoms with Crippen LogP contribution in [0.3, 0.4) is 0 Å². The molecule has 0 saturated heterocycles. The van der Waals surface area contributed by atoms with Gasteiger partial charge < -0.3 is 9.84 Å². The number of allylic oxidation sites excluding steroid dienone is 2. The topological polar surface area (TPSA) is 63.6 Å². The average molecular weight is 377 g/mol. The zero-order valence-electron chi connectivity index (χ0n) is 15.6. The molecule has 2 saturated carbocycles. The van der Waals surface area contributed by atoms with Gasteiger partial charge in [0.25, 0.3) is 0 Å². The number of phenols is 1. The lowest BCUT2D eigenvalue weighted by Crippen LogP contribution is -2.47. The first-order valence-corrected chi connectivity index (χ1v) is 9.32. The number of phenolic OH excluding ortho intramolecular Hbond substituents is 1. The number of halogens is 1. The lowest BCUT2D eigenvalue weighted by molar-refractivity contribution is -0.108.